The number of aliphatic hydroxyl groups is 2. The third kappa shape index (κ3) is 4.85. The quantitative estimate of drug-likeness (QED) is 0.489. The normalized spacial score (nSPS) is 10.8. The summed E-state index contributed by atoms with van der Waals surface area (Å²) in [5.41, 5.74) is 1.76. The van der Waals surface area contributed by atoms with E-state index in [2.05, 4.69) is 25.6 Å². The monoisotopic (exact) mass is 385 g/mol. The molecule has 0 radical (unpaired) electrons. The highest BCUT2D eigenvalue weighted by molar-refractivity contribution is 7.16. The van der Waals surface area contributed by atoms with Gasteiger partial charge in [-0.1, -0.05) is 6.07 Å². The highest BCUT2D eigenvalue weighted by atomic mass is 32.1. The van der Waals surface area contributed by atoms with Crippen LogP contribution in [0.15, 0.2) is 42.7 Å². The maximum Gasteiger partial charge on any atom is 0.280 e. The summed E-state index contributed by atoms with van der Waals surface area (Å²) >= 11 is 1.18. The van der Waals surface area contributed by atoms with Gasteiger partial charge in [0.1, 0.15) is 11.6 Å². The van der Waals surface area contributed by atoms with Gasteiger partial charge in [0.05, 0.1) is 29.8 Å². The average Bonchev–Trinajstić information content (AvgIpc) is 3.16. The number of aryl methyl sites for hydroxylation is 1. The Labute approximate surface area is 160 Å². The molecule has 0 bridgehead atoms. The molecule has 4 N–H and O–H groups in total. The van der Waals surface area contributed by atoms with Gasteiger partial charge in [0.15, 0.2) is 5.01 Å². The first kappa shape index (κ1) is 18.9. The molecule has 0 aliphatic carbocycles. The van der Waals surface area contributed by atoms with Crippen LogP contribution in [0.4, 0.5) is 11.6 Å². The fraction of sp³-hybridized carbons (Fsp3) is 0.222. The number of carbonyl (C=O) groups excluding carboxylic acids is 1. The van der Waals surface area contributed by atoms with Crippen LogP contribution in [0.2, 0.25) is 0 Å². The van der Waals surface area contributed by atoms with Crippen LogP contribution >= 0.6 is 11.3 Å². The van der Waals surface area contributed by atoms with Crippen molar-refractivity contribution in [3.63, 3.8) is 0 Å². The van der Waals surface area contributed by atoms with Gasteiger partial charge in [0.2, 0.25) is 0 Å². The summed E-state index contributed by atoms with van der Waals surface area (Å²) in [4.78, 5) is 25.8. The van der Waals surface area contributed by atoms with Gasteiger partial charge >= 0.3 is 0 Å². The zero-order chi connectivity index (χ0) is 19.2. The van der Waals surface area contributed by atoms with E-state index in [1.54, 1.807) is 12.4 Å². The second kappa shape index (κ2) is 8.67. The number of aromatic nitrogens is 3. The zero-order valence-electron chi connectivity index (χ0n) is 14.6. The van der Waals surface area contributed by atoms with Crippen molar-refractivity contribution in [2.45, 2.75) is 13.0 Å². The highest BCUT2D eigenvalue weighted by Gasteiger charge is 2.16. The van der Waals surface area contributed by atoms with E-state index in [0.29, 0.717) is 17.3 Å². The predicted molar refractivity (Wildman–Crippen MR) is 103 cm³/mol. The van der Waals surface area contributed by atoms with Crippen molar-refractivity contribution in [1.29, 1.82) is 0 Å². The molecule has 0 saturated carbocycles. The number of hydrogen-bond acceptors (Lipinski definition) is 8. The van der Waals surface area contributed by atoms with Crippen LogP contribution < -0.4 is 10.6 Å². The number of nitrogens with zero attached hydrogens (tertiary/aromatic N) is 3. The van der Waals surface area contributed by atoms with E-state index in [-0.39, 0.29) is 18.2 Å². The molecule has 0 spiro atoms. The first-order valence-corrected chi connectivity index (χ1v) is 9.06. The lowest BCUT2D eigenvalue weighted by molar-refractivity contribution is 0.0879. The van der Waals surface area contributed by atoms with Crippen molar-refractivity contribution in [3.8, 4) is 10.6 Å². The number of anilines is 2. The number of rotatable bonds is 7. The van der Waals surface area contributed by atoms with Gasteiger partial charge in [-0.25, -0.2) is 15.0 Å². The van der Waals surface area contributed by atoms with Gasteiger partial charge in [-0.15, -0.1) is 11.3 Å². The maximum atomic E-state index is 12.1. The number of pyridine rings is 2. The maximum absolute atomic E-state index is 12.1. The number of hydrogen-bond donors (Lipinski definition) is 4. The lowest BCUT2D eigenvalue weighted by atomic mass is 10.3. The van der Waals surface area contributed by atoms with Gasteiger partial charge in [0.25, 0.3) is 5.91 Å². The Morgan fingerprint density at radius 1 is 1.19 bits per heavy atom. The molecule has 3 rings (SSSR count). The SMILES string of the molecule is Cc1ccnc(Nc2cccc(-c3cnc(C(=O)NC(CO)CO)s3)n2)c1. The molecular weight excluding hydrogens is 366 g/mol. The number of nitrogens with one attached hydrogen (secondary N) is 2. The molecule has 0 saturated heterocycles. The Kier molecular flexibility index (Phi) is 6.07. The molecule has 0 aliphatic heterocycles. The summed E-state index contributed by atoms with van der Waals surface area (Å²) in [6, 6.07) is 8.63. The first-order chi connectivity index (χ1) is 13.1. The first-order valence-electron chi connectivity index (χ1n) is 8.24. The standard InChI is InChI=1S/C18H19N5O3S/c1-11-5-6-19-16(7-11)23-15-4-2-3-13(22-15)14-8-20-18(27-14)17(26)21-12(9-24)10-25/h2-8,12,24-25H,9-10H2,1H3,(H,21,26)(H,19,22,23). The van der Waals surface area contributed by atoms with E-state index < -0.39 is 11.9 Å². The summed E-state index contributed by atoms with van der Waals surface area (Å²) in [7, 11) is 0. The van der Waals surface area contributed by atoms with E-state index in [1.807, 2.05) is 37.3 Å². The molecule has 3 aromatic rings. The number of aliphatic hydroxyl groups excluding tert-OH is 2. The molecule has 27 heavy (non-hydrogen) atoms. The molecule has 3 heterocycles. The largest absolute Gasteiger partial charge is 0.394 e. The van der Waals surface area contributed by atoms with Crippen molar-refractivity contribution in [1.82, 2.24) is 20.3 Å². The van der Waals surface area contributed by atoms with Crippen molar-refractivity contribution in [2.75, 3.05) is 18.5 Å². The van der Waals surface area contributed by atoms with Crippen LogP contribution in [0.1, 0.15) is 15.4 Å². The van der Waals surface area contributed by atoms with E-state index in [4.69, 9.17) is 10.2 Å². The summed E-state index contributed by atoms with van der Waals surface area (Å²) in [5.74, 6) is 0.881. The van der Waals surface area contributed by atoms with Gasteiger partial charge in [-0.3, -0.25) is 4.79 Å². The molecule has 8 nitrogen and oxygen atoms in total. The molecular formula is C18H19N5O3S. The molecule has 140 valence electrons. The van der Waals surface area contributed by atoms with Crippen molar-refractivity contribution in [3.05, 3.63) is 53.3 Å². The number of amides is 1. The fourth-order valence-corrected chi connectivity index (χ4v) is 3.06. The Hall–Kier alpha value is -2.88. The predicted octanol–water partition coefficient (Wildman–Crippen LogP) is 1.74. The Morgan fingerprint density at radius 2 is 2.00 bits per heavy atom. The third-order valence-electron chi connectivity index (χ3n) is 3.65. The summed E-state index contributed by atoms with van der Waals surface area (Å²) < 4.78 is 0. The molecule has 3 aromatic heterocycles. The summed E-state index contributed by atoms with van der Waals surface area (Å²) in [6.45, 7) is 1.30. The topological polar surface area (TPSA) is 120 Å². The lowest BCUT2D eigenvalue weighted by Crippen LogP contribution is -2.40. The number of thiazole rings is 1. The Bertz CT molecular complexity index is 927. The second-order valence-corrected chi connectivity index (χ2v) is 6.85. The van der Waals surface area contributed by atoms with Crippen molar-refractivity contribution < 1.29 is 15.0 Å². The van der Waals surface area contributed by atoms with Crippen molar-refractivity contribution in [2.24, 2.45) is 0 Å². The minimum atomic E-state index is -0.711. The second-order valence-electron chi connectivity index (χ2n) is 5.82. The fourth-order valence-electron chi connectivity index (χ4n) is 2.27. The molecule has 0 aliphatic rings. The van der Waals surface area contributed by atoms with Gasteiger partial charge in [-0.05, 0) is 36.8 Å². The van der Waals surface area contributed by atoms with Crippen LogP contribution in [0.25, 0.3) is 10.6 Å². The van der Waals surface area contributed by atoms with Gasteiger partial charge in [0, 0.05) is 12.4 Å². The van der Waals surface area contributed by atoms with Gasteiger partial charge in [-0.2, -0.15) is 0 Å². The third-order valence-corrected chi connectivity index (χ3v) is 4.67. The minimum absolute atomic E-state index is 0.234. The summed E-state index contributed by atoms with van der Waals surface area (Å²) in [5, 5.41) is 24.0. The zero-order valence-corrected chi connectivity index (χ0v) is 15.4. The minimum Gasteiger partial charge on any atom is -0.394 e. The van der Waals surface area contributed by atoms with Gasteiger partial charge < -0.3 is 20.8 Å². The average molecular weight is 385 g/mol. The van der Waals surface area contributed by atoms with E-state index >= 15 is 0 Å². The Morgan fingerprint density at radius 3 is 2.74 bits per heavy atom. The van der Waals surface area contributed by atoms with Crippen LogP contribution in [0.3, 0.4) is 0 Å². The van der Waals surface area contributed by atoms with E-state index in [0.717, 1.165) is 10.4 Å². The molecule has 0 unspecified atom stereocenters. The van der Waals surface area contributed by atoms with Crippen LogP contribution in [0.5, 0.6) is 0 Å². The highest BCUT2D eigenvalue weighted by Crippen LogP contribution is 2.26. The molecule has 0 aromatic carbocycles. The number of carbonyl (C=O) groups is 1. The smallest absolute Gasteiger partial charge is 0.280 e. The van der Waals surface area contributed by atoms with E-state index in [1.165, 1.54) is 11.3 Å². The molecule has 1 amide bonds. The summed E-state index contributed by atoms with van der Waals surface area (Å²) in [6.07, 6.45) is 3.30. The molecule has 0 fully saturated rings. The molecule has 9 heteroatoms. The van der Waals surface area contributed by atoms with Crippen LogP contribution in [-0.2, 0) is 0 Å². The van der Waals surface area contributed by atoms with Crippen molar-refractivity contribution >= 4 is 28.9 Å². The Balaban J connectivity index is 1.75. The lowest BCUT2D eigenvalue weighted by Gasteiger charge is -2.11. The van der Waals surface area contributed by atoms with Crippen LogP contribution in [0, 0.1) is 6.92 Å². The van der Waals surface area contributed by atoms with E-state index in [9.17, 15) is 4.79 Å². The van der Waals surface area contributed by atoms with Crippen LogP contribution in [-0.4, -0.2) is 50.3 Å². The molecule has 0 atom stereocenters.